The zero-order valence-corrected chi connectivity index (χ0v) is 10.1. The van der Waals surface area contributed by atoms with E-state index >= 15 is 0 Å². The largest absolute Gasteiger partial charge is 0.296 e. The van der Waals surface area contributed by atoms with Crippen molar-refractivity contribution in [3.63, 3.8) is 0 Å². The molecule has 2 aromatic rings. The van der Waals surface area contributed by atoms with Crippen molar-refractivity contribution in [1.29, 1.82) is 0 Å². The van der Waals surface area contributed by atoms with Crippen molar-refractivity contribution in [1.82, 2.24) is 9.97 Å². The molecule has 0 radical (unpaired) electrons. The molecule has 0 spiro atoms. The van der Waals surface area contributed by atoms with Gasteiger partial charge in [-0.25, -0.2) is 14.4 Å². The highest BCUT2D eigenvalue weighted by Gasteiger charge is 2.11. The van der Waals surface area contributed by atoms with Crippen molar-refractivity contribution in [2.45, 2.75) is 13.8 Å². The Bertz CT molecular complexity index is 568. The zero-order valence-electron chi connectivity index (χ0n) is 9.32. The number of nitrogens with one attached hydrogen (secondary N) is 1. The topological polar surface area (TPSA) is 54.9 Å². The number of hydrogen-bond acceptors (Lipinski definition) is 4. The molecule has 6 heteroatoms. The Hall–Kier alpha value is -1.82. The molecule has 2 rings (SSSR count). The van der Waals surface area contributed by atoms with Gasteiger partial charge in [-0.3, -0.25) is 10.1 Å². The normalized spacial score (nSPS) is 10.3. The molecule has 2 heterocycles. The lowest BCUT2D eigenvalue weighted by Gasteiger charge is -2.02. The van der Waals surface area contributed by atoms with E-state index in [2.05, 4.69) is 15.3 Å². The number of halogens is 1. The van der Waals surface area contributed by atoms with Gasteiger partial charge in [-0.15, -0.1) is 11.3 Å². The molecule has 0 aliphatic rings. The summed E-state index contributed by atoms with van der Waals surface area (Å²) in [4.78, 5) is 20.6. The molecular weight excluding hydrogens is 241 g/mol. The number of hydrogen-bond donors (Lipinski definition) is 1. The van der Waals surface area contributed by atoms with Crippen LogP contribution in [0.15, 0.2) is 18.3 Å². The van der Waals surface area contributed by atoms with E-state index in [4.69, 9.17) is 0 Å². The summed E-state index contributed by atoms with van der Waals surface area (Å²) in [5.41, 5.74) is 0.379. The van der Waals surface area contributed by atoms with Gasteiger partial charge < -0.3 is 0 Å². The summed E-state index contributed by atoms with van der Waals surface area (Å²) < 4.78 is 13.0. The number of carbonyl (C=O) groups is 1. The molecule has 2 aromatic heterocycles. The molecule has 88 valence electrons. The van der Waals surface area contributed by atoms with E-state index in [9.17, 15) is 9.18 Å². The zero-order chi connectivity index (χ0) is 12.4. The molecule has 1 N–H and O–H groups in total. The van der Waals surface area contributed by atoms with Gasteiger partial charge >= 0.3 is 0 Å². The Kier molecular flexibility index (Phi) is 3.14. The van der Waals surface area contributed by atoms with Crippen LogP contribution in [0.1, 0.15) is 21.1 Å². The average Bonchev–Trinajstić information content (AvgIpc) is 2.68. The molecule has 0 saturated carbocycles. The fourth-order valence-electron chi connectivity index (χ4n) is 1.24. The quantitative estimate of drug-likeness (QED) is 0.892. The summed E-state index contributed by atoms with van der Waals surface area (Å²) in [5, 5.41) is 3.12. The fourth-order valence-corrected chi connectivity index (χ4v) is 1.90. The van der Waals surface area contributed by atoms with E-state index in [-0.39, 0.29) is 17.3 Å². The minimum atomic E-state index is -0.424. The number of rotatable bonds is 2. The maximum Gasteiger partial charge on any atom is 0.276 e. The van der Waals surface area contributed by atoms with Gasteiger partial charge in [0.1, 0.15) is 11.5 Å². The highest BCUT2D eigenvalue weighted by molar-refractivity contribution is 7.15. The summed E-state index contributed by atoms with van der Waals surface area (Å²) in [6.45, 7) is 3.41. The van der Waals surface area contributed by atoms with Crippen LogP contribution in [0.2, 0.25) is 0 Å². The molecule has 0 aliphatic heterocycles. The van der Waals surface area contributed by atoms with Gasteiger partial charge in [0.05, 0.1) is 5.69 Å². The van der Waals surface area contributed by atoms with Gasteiger partial charge in [0.15, 0.2) is 5.13 Å². The Morgan fingerprint density at radius 3 is 2.76 bits per heavy atom. The van der Waals surface area contributed by atoms with Crippen molar-refractivity contribution in [2.24, 2.45) is 0 Å². The first-order valence-electron chi connectivity index (χ1n) is 4.93. The van der Waals surface area contributed by atoms with Crippen LogP contribution in [-0.4, -0.2) is 15.9 Å². The second-order valence-electron chi connectivity index (χ2n) is 3.49. The number of carbonyl (C=O) groups excluding carboxylic acids is 1. The Labute approximate surface area is 102 Å². The third-order valence-corrected chi connectivity index (χ3v) is 2.92. The lowest BCUT2D eigenvalue weighted by molar-refractivity contribution is 0.102. The second kappa shape index (κ2) is 4.58. The molecule has 0 fully saturated rings. The molecule has 1 amide bonds. The predicted octanol–water partition coefficient (Wildman–Crippen LogP) is 2.55. The molecule has 4 nitrogen and oxygen atoms in total. The SMILES string of the molecule is Cc1cnc(NC(=O)c2ccc(F)c(C)n2)s1. The van der Waals surface area contributed by atoms with E-state index in [0.29, 0.717) is 5.13 Å². The van der Waals surface area contributed by atoms with Crippen LogP contribution in [0.4, 0.5) is 9.52 Å². The average molecular weight is 251 g/mol. The third kappa shape index (κ3) is 2.65. The number of aromatic nitrogens is 2. The number of pyridine rings is 1. The molecule has 0 unspecified atom stereocenters. The summed E-state index contributed by atoms with van der Waals surface area (Å²) in [6, 6.07) is 2.57. The summed E-state index contributed by atoms with van der Waals surface area (Å²) >= 11 is 1.37. The number of nitrogens with zero attached hydrogens (tertiary/aromatic N) is 2. The number of aryl methyl sites for hydroxylation is 2. The second-order valence-corrected chi connectivity index (χ2v) is 4.73. The van der Waals surface area contributed by atoms with Crippen LogP contribution in [0.25, 0.3) is 0 Å². The van der Waals surface area contributed by atoms with Gasteiger partial charge in [0, 0.05) is 11.1 Å². The molecule has 17 heavy (non-hydrogen) atoms. The monoisotopic (exact) mass is 251 g/mol. The maximum absolute atomic E-state index is 13.0. The predicted molar refractivity (Wildman–Crippen MR) is 63.7 cm³/mol. The molecule has 0 bridgehead atoms. The van der Waals surface area contributed by atoms with Crippen LogP contribution < -0.4 is 5.32 Å². The van der Waals surface area contributed by atoms with Crippen LogP contribution in [0.5, 0.6) is 0 Å². The summed E-state index contributed by atoms with van der Waals surface area (Å²) in [7, 11) is 0. The van der Waals surface area contributed by atoms with Crippen LogP contribution >= 0.6 is 11.3 Å². The number of amides is 1. The van der Waals surface area contributed by atoms with Gasteiger partial charge in [0.2, 0.25) is 0 Å². The molecule has 0 aliphatic carbocycles. The maximum atomic E-state index is 13.0. The van der Waals surface area contributed by atoms with Gasteiger partial charge in [-0.05, 0) is 26.0 Å². The van der Waals surface area contributed by atoms with Crippen molar-refractivity contribution in [3.8, 4) is 0 Å². The van der Waals surface area contributed by atoms with Crippen molar-refractivity contribution in [2.75, 3.05) is 5.32 Å². The first-order chi connectivity index (χ1) is 8.06. The van der Waals surface area contributed by atoms with Gasteiger partial charge in [-0.1, -0.05) is 0 Å². The standard InChI is InChI=1S/C11H10FN3OS/c1-6-5-13-11(17-6)15-10(16)9-4-3-8(12)7(2)14-9/h3-5H,1-2H3,(H,13,15,16). The molecule has 0 aromatic carbocycles. The first-order valence-corrected chi connectivity index (χ1v) is 5.75. The summed E-state index contributed by atoms with van der Waals surface area (Å²) in [5.74, 6) is -0.811. The van der Waals surface area contributed by atoms with E-state index in [1.54, 1.807) is 6.20 Å². The molecular formula is C11H10FN3OS. The minimum absolute atomic E-state index is 0.178. The highest BCUT2D eigenvalue weighted by Crippen LogP contribution is 2.17. The first kappa shape index (κ1) is 11.7. The fraction of sp³-hybridized carbons (Fsp3) is 0.182. The summed E-state index contributed by atoms with van der Waals surface area (Å²) in [6.07, 6.45) is 1.67. The van der Waals surface area contributed by atoms with Gasteiger partial charge in [0.25, 0.3) is 5.91 Å². The molecule has 0 atom stereocenters. The number of thiazole rings is 1. The van der Waals surface area contributed by atoms with E-state index in [1.165, 1.54) is 30.4 Å². The lowest BCUT2D eigenvalue weighted by Crippen LogP contribution is -2.14. The van der Waals surface area contributed by atoms with Gasteiger partial charge in [-0.2, -0.15) is 0 Å². The van der Waals surface area contributed by atoms with E-state index < -0.39 is 5.82 Å². The minimum Gasteiger partial charge on any atom is -0.296 e. The Balaban J connectivity index is 2.17. The molecule has 0 saturated heterocycles. The van der Waals surface area contributed by atoms with Crippen LogP contribution in [0.3, 0.4) is 0 Å². The van der Waals surface area contributed by atoms with E-state index in [0.717, 1.165) is 4.88 Å². The van der Waals surface area contributed by atoms with Crippen molar-refractivity contribution in [3.05, 3.63) is 40.4 Å². The highest BCUT2D eigenvalue weighted by atomic mass is 32.1. The van der Waals surface area contributed by atoms with Crippen molar-refractivity contribution < 1.29 is 9.18 Å². The smallest absolute Gasteiger partial charge is 0.276 e. The van der Waals surface area contributed by atoms with Crippen LogP contribution in [-0.2, 0) is 0 Å². The van der Waals surface area contributed by atoms with Crippen LogP contribution in [0, 0.1) is 19.7 Å². The Morgan fingerprint density at radius 2 is 2.18 bits per heavy atom. The van der Waals surface area contributed by atoms with Crippen molar-refractivity contribution >= 4 is 22.4 Å². The third-order valence-electron chi connectivity index (χ3n) is 2.10. The Morgan fingerprint density at radius 1 is 1.41 bits per heavy atom. The van der Waals surface area contributed by atoms with E-state index in [1.807, 2.05) is 6.92 Å². The lowest BCUT2D eigenvalue weighted by atomic mass is 10.3. The number of anilines is 1.